The molecule has 2 heterocycles. The second-order valence-corrected chi connectivity index (χ2v) is 7.75. The number of hydrogen-bond donors (Lipinski definition) is 2. The standard InChI is InChI=1S/C23H28N4O2/c1-26-21-11-10-18(24-23(28)17-29-19-8-4-2-5-9-19)16-20(21)25-22(26)12-15-27-13-6-3-7-14-27/h2,4-5,8-11,16H,3,6-7,12-15,17H2,1H3,(H,24,28)/p+1. The fourth-order valence-corrected chi connectivity index (χ4v) is 4.00. The van der Waals surface area contributed by atoms with Gasteiger partial charge in [-0.15, -0.1) is 0 Å². The molecule has 1 amide bonds. The molecule has 1 saturated heterocycles. The minimum atomic E-state index is -0.182. The molecule has 1 aromatic heterocycles. The molecule has 2 N–H and O–H groups in total. The van der Waals surface area contributed by atoms with Crippen LogP contribution in [0.3, 0.4) is 0 Å². The first-order chi connectivity index (χ1) is 14.2. The number of benzene rings is 2. The Bertz CT molecular complexity index is 962. The van der Waals surface area contributed by atoms with Gasteiger partial charge in [0.15, 0.2) is 6.61 Å². The largest absolute Gasteiger partial charge is 0.484 e. The van der Waals surface area contributed by atoms with Gasteiger partial charge >= 0.3 is 0 Å². The summed E-state index contributed by atoms with van der Waals surface area (Å²) < 4.78 is 7.68. The van der Waals surface area contributed by atoms with E-state index < -0.39 is 0 Å². The number of quaternary nitrogens is 1. The van der Waals surface area contributed by atoms with Gasteiger partial charge in [-0.3, -0.25) is 4.79 Å². The number of ether oxygens (including phenoxy) is 1. The number of para-hydroxylation sites is 1. The van der Waals surface area contributed by atoms with E-state index in [1.807, 2.05) is 48.5 Å². The van der Waals surface area contributed by atoms with E-state index in [9.17, 15) is 4.79 Å². The third-order valence-corrected chi connectivity index (χ3v) is 5.63. The minimum absolute atomic E-state index is 0.0197. The Labute approximate surface area is 171 Å². The lowest BCUT2D eigenvalue weighted by molar-refractivity contribution is -0.904. The summed E-state index contributed by atoms with van der Waals surface area (Å²) in [5.41, 5.74) is 2.75. The Morgan fingerprint density at radius 2 is 1.93 bits per heavy atom. The monoisotopic (exact) mass is 393 g/mol. The predicted molar refractivity (Wildman–Crippen MR) is 114 cm³/mol. The van der Waals surface area contributed by atoms with Crippen molar-refractivity contribution < 1.29 is 14.4 Å². The number of imidazole rings is 1. The van der Waals surface area contributed by atoms with E-state index in [1.54, 1.807) is 4.90 Å². The number of nitrogens with one attached hydrogen (secondary N) is 2. The van der Waals surface area contributed by atoms with Gasteiger partial charge in [0, 0.05) is 12.7 Å². The molecule has 4 rings (SSSR count). The summed E-state index contributed by atoms with van der Waals surface area (Å²) in [6, 6.07) is 15.2. The number of carbonyl (C=O) groups excluding carboxylic acids is 1. The van der Waals surface area contributed by atoms with E-state index in [0.717, 1.165) is 35.5 Å². The highest BCUT2D eigenvalue weighted by molar-refractivity contribution is 5.94. The topological polar surface area (TPSA) is 60.6 Å². The summed E-state index contributed by atoms with van der Waals surface area (Å²) in [6.07, 6.45) is 5.04. The van der Waals surface area contributed by atoms with Crippen LogP contribution in [0.1, 0.15) is 25.1 Å². The highest BCUT2D eigenvalue weighted by Gasteiger charge is 2.16. The maximum Gasteiger partial charge on any atom is 0.262 e. The van der Waals surface area contributed by atoms with E-state index in [-0.39, 0.29) is 12.5 Å². The highest BCUT2D eigenvalue weighted by atomic mass is 16.5. The molecule has 1 aliphatic heterocycles. The van der Waals surface area contributed by atoms with Crippen LogP contribution in [-0.2, 0) is 18.3 Å². The summed E-state index contributed by atoms with van der Waals surface area (Å²) in [5.74, 6) is 1.61. The summed E-state index contributed by atoms with van der Waals surface area (Å²) in [7, 11) is 2.07. The lowest BCUT2D eigenvalue weighted by Crippen LogP contribution is -3.13. The van der Waals surface area contributed by atoms with E-state index in [4.69, 9.17) is 9.72 Å². The van der Waals surface area contributed by atoms with Crippen molar-refractivity contribution in [1.82, 2.24) is 9.55 Å². The quantitative estimate of drug-likeness (QED) is 0.647. The van der Waals surface area contributed by atoms with Crippen LogP contribution in [0.25, 0.3) is 11.0 Å². The van der Waals surface area contributed by atoms with Crippen molar-refractivity contribution in [2.75, 3.05) is 31.6 Å². The van der Waals surface area contributed by atoms with Gasteiger partial charge < -0.3 is 19.5 Å². The van der Waals surface area contributed by atoms with Crippen molar-refractivity contribution in [3.05, 3.63) is 54.4 Å². The molecule has 0 unspecified atom stereocenters. The zero-order valence-electron chi connectivity index (χ0n) is 17.0. The maximum absolute atomic E-state index is 12.2. The smallest absolute Gasteiger partial charge is 0.262 e. The van der Waals surface area contributed by atoms with Crippen molar-refractivity contribution in [3.8, 4) is 5.75 Å². The van der Waals surface area contributed by atoms with Crippen molar-refractivity contribution in [2.24, 2.45) is 7.05 Å². The molecule has 0 radical (unpaired) electrons. The number of hydrogen-bond acceptors (Lipinski definition) is 3. The van der Waals surface area contributed by atoms with Gasteiger partial charge in [-0.25, -0.2) is 4.98 Å². The van der Waals surface area contributed by atoms with Crippen LogP contribution in [0, 0.1) is 0 Å². The van der Waals surface area contributed by atoms with E-state index in [1.165, 1.54) is 32.4 Å². The van der Waals surface area contributed by atoms with Crippen molar-refractivity contribution >= 4 is 22.6 Å². The van der Waals surface area contributed by atoms with E-state index >= 15 is 0 Å². The Morgan fingerprint density at radius 3 is 2.72 bits per heavy atom. The molecule has 0 bridgehead atoms. The first-order valence-corrected chi connectivity index (χ1v) is 10.5. The Morgan fingerprint density at radius 1 is 1.14 bits per heavy atom. The molecular weight excluding hydrogens is 364 g/mol. The molecule has 152 valence electrons. The number of likely N-dealkylation sites (tertiary alicyclic amines) is 1. The van der Waals surface area contributed by atoms with Crippen molar-refractivity contribution in [2.45, 2.75) is 25.7 Å². The number of rotatable bonds is 7. The summed E-state index contributed by atoms with van der Waals surface area (Å²) in [5, 5.41) is 2.90. The number of amides is 1. The molecule has 0 aliphatic carbocycles. The SMILES string of the molecule is Cn1c(CC[NH+]2CCCCC2)nc2cc(NC(=O)COc3ccccc3)ccc21. The zero-order valence-corrected chi connectivity index (χ0v) is 17.0. The van der Waals surface area contributed by atoms with Gasteiger partial charge in [-0.2, -0.15) is 0 Å². The molecular formula is C23H29N4O2+. The van der Waals surface area contributed by atoms with Gasteiger partial charge in [0.2, 0.25) is 0 Å². The molecule has 6 nitrogen and oxygen atoms in total. The number of aryl methyl sites for hydroxylation is 1. The fourth-order valence-electron chi connectivity index (χ4n) is 4.00. The van der Waals surface area contributed by atoms with Crippen LogP contribution in [0.15, 0.2) is 48.5 Å². The van der Waals surface area contributed by atoms with Crippen LogP contribution < -0.4 is 15.0 Å². The van der Waals surface area contributed by atoms with E-state index in [0.29, 0.717) is 5.75 Å². The zero-order chi connectivity index (χ0) is 20.1. The number of piperidine rings is 1. The van der Waals surface area contributed by atoms with Gasteiger partial charge in [0.05, 0.1) is 37.1 Å². The normalized spacial score (nSPS) is 14.8. The summed E-state index contributed by atoms with van der Waals surface area (Å²) in [4.78, 5) is 18.7. The first kappa shape index (κ1) is 19.5. The third-order valence-electron chi connectivity index (χ3n) is 5.63. The lowest BCUT2D eigenvalue weighted by atomic mass is 10.1. The predicted octanol–water partition coefficient (Wildman–Crippen LogP) is 2.20. The Balaban J connectivity index is 1.37. The fraction of sp³-hybridized carbons (Fsp3) is 0.391. The molecule has 29 heavy (non-hydrogen) atoms. The molecule has 0 saturated carbocycles. The first-order valence-electron chi connectivity index (χ1n) is 10.5. The molecule has 6 heteroatoms. The van der Waals surface area contributed by atoms with Crippen LogP contribution in [0.2, 0.25) is 0 Å². The molecule has 1 aliphatic rings. The second-order valence-electron chi connectivity index (χ2n) is 7.75. The number of nitrogens with zero attached hydrogens (tertiary/aromatic N) is 2. The van der Waals surface area contributed by atoms with Crippen LogP contribution in [0.5, 0.6) is 5.75 Å². The molecule has 3 aromatic rings. The molecule has 0 atom stereocenters. The number of carbonyl (C=O) groups is 1. The maximum atomic E-state index is 12.2. The van der Waals surface area contributed by atoms with Crippen LogP contribution in [-0.4, -0.2) is 41.7 Å². The highest BCUT2D eigenvalue weighted by Crippen LogP contribution is 2.20. The Hall–Kier alpha value is -2.86. The second kappa shape index (κ2) is 9.09. The number of anilines is 1. The number of fused-ring (bicyclic) bond motifs is 1. The third kappa shape index (κ3) is 4.95. The molecule has 1 fully saturated rings. The van der Waals surface area contributed by atoms with Crippen molar-refractivity contribution in [1.29, 1.82) is 0 Å². The lowest BCUT2D eigenvalue weighted by Gasteiger charge is -2.23. The summed E-state index contributed by atoms with van der Waals surface area (Å²) >= 11 is 0. The van der Waals surface area contributed by atoms with E-state index in [2.05, 4.69) is 16.9 Å². The number of aromatic nitrogens is 2. The summed E-state index contributed by atoms with van der Waals surface area (Å²) in [6.45, 7) is 3.68. The van der Waals surface area contributed by atoms with Gasteiger partial charge in [-0.05, 0) is 49.6 Å². The average Bonchev–Trinajstić information content (AvgIpc) is 3.07. The Kier molecular flexibility index (Phi) is 6.10. The minimum Gasteiger partial charge on any atom is -0.484 e. The molecule has 0 spiro atoms. The van der Waals surface area contributed by atoms with Gasteiger partial charge in [0.25, 0.3) is 5.91 Å². The van der Waals surface area contributed by atoms with Gasteiger partial charge in [0.1, 0.15) is 11.6 Å². The van der Waals surface area contributed by atoms with Gasteiger partial charge in [-0.1, -0.05) is 18.2 Å². The van der Waals surface area contributed by atoms with Crippen LogP contribution >= 0.6 is 0 Å². The average molecular weight is 394 g/mol. The van der Waals surface area contributed by atoms with Crippen molar-refractivity contribution in [3.63, 3.8) is 0 Å². The van der Waals surface area contributed by atoms with Crippen LogP contribution in [0.4, 0.5) is 5.69 Å². The molecule has 2 aromatic carbocycles.